The van der Waals surface area contributed by atoms with Gasteiger partial charge in [-0.2, -0.15) is 0 Å². The zero-order valence-electron chi connectivity index (χ0n) is 5.64. The molecular weight excluding hydrogens is 183 g/mol. The third kappa shape index (κ3) is 2.43. The van der Waals surface area contributed by atoms with Crippen molar-refractivity contribution in [2.45, 2.75) is 4.90 Å². The molecule has 3 N–H and O–H groups in total. The maximum atomic E-state index is 8.80. The molecule has 0 heterocycles. The van der Waals surface area contributed by atoms with Crippen molar-refractivity contribution in [2.24, 2.45) is 0 Å². The lowest BCUT2D eigenvalue weighted by Crippen LogP contribution is -1.99. The maximum absolute atomic E-state index is 8.80. The second-order valence-electron chi connectivity index (χ2n) is 2.09. The van der Waals surface area contributed by atoms with Crippen LogP contribution in [-0.2, 0) is 0 Å². The molecule has 1 rings (SSSR count). The lowest BCUT2D eigenvalue weighted by atomic mass is 10.4. The van der Waals surface area contributed by atoms with Gasteiger partial charge in [0.05, 0.1) is 4.90 Å². The quantitative estimate of drug-likeness (QED) is 0.594. The molecule has 0 amide bonds. The molecule has 0 saturated heterocycles. The lowest BCUT2D eigenvalue weighted by Gasteiger charge is -2.18. The molecule has 0 aliphatic carbocycles. The lowest BCUT2D eigenvalue weighted by molar-refractivity contribution is 0.376. The zero-order chi connectivity index (χ0) is 8.48. The molecule has 1 atom stereocenters. The highest BCUT2D eigenvalue weighted by atomic mass is 32.3. The van der Waals surface area contributed by atoms with Gasteiger partial charge in [0.2, 0.25) is 0 Å². The Bertz CT molecular complexity index is 258. The van der Waals surface area contributed by atoms with Crippen molar-refractivity contribution in [3.05, 3.63) is 24.3 Å². The Kier molecular flexibility index (Phi) is 2.52. The van der Waals surface area contributed by atoms with Crippen molar-refractivity contribution in [1.82, 2.24) is 0 Å². The predicted octanol–water partition coefficient (Wildman–Crippen LogP) is 1.77. The summed E-state index contributed by atoms with van der Waals surface area (Å²) in [4.78, 5) is 0.144. The van der Waals surface area contributed by atoms with E-state index in [9.17, 15) is 0 Å². The molecule has 0 spiro atoms. The first-order chi connectivity index (χ1) is 5.00. The normalized spacial score (nSPS) is 13.1. The SMILES string of the molecule is OS(O)(O)c1cccc(P)c1. The fourth-order valence-electron chi connectivity index (χ4n) is 0.685. The van der Waals surface area contributed by atoms with Gasteiger partial charge >= 0.3 is 0 Å². The number of rotatable bonds is 1. The zero-order valence-corrected chi connectivity index (χ0v) is 7.61. The van der Waals surface area contributed by atoms with E-state index < -0.39 is 10.9 Å². The summed E-state index contributed by atoms with van der Waals surface area (Å²) in [5.74, 6) is 0. The summed E-state index contributed by atoms with van der Waals surface area (Å²) in [6.45, 7) is 0. The van der Waals surface area contributed by atoms with Crippen molar-refractivity contribution in [2.75, 3.05) is 0 Å². The highest BCUT2D eigenvalue weighted by Gasteiger charge is 2.14. The summed E-state index contributed by atoms with van der Waals surface area (Å²) in [5, 5.41) is 0.802. The van der Waals surface area contributed by atoms with E-state index in [1.807, 2.05) is 0 Å². The third-order valence-electron chi connectivity index (χ3n) is 1.17. The van der Waals surface area contributed by atoms with Crippen molar-refractivity contribution >= 4 is 25.4 Å². The minimum absolute atomic E-state index is 0.144. The molecule has 3 nitrogen and oxygen atoms in total. The first kappa shape index (κ1) is 8.97. The molecule has 1 unspecified atom stereocenters. The molecule has 5 heteroatoms. The fraction of sp³-hybridized carbons (Fsp3) is 0. The molecule has 11 heavy (non-hydrogen) atoms. The molecule has 0 aliphatic rings. The van der Waals surface area contributed by atoms with E-state index in [1.54, 1.807) is 12.1 Å². The smallest absolute Gasteiger partial charge is 0.112 e. The van der Waals surface area contributed by atoms with Gasteiger partial charge in [0.25, 0.3) is 0 Å². The molecule has 62 valence electrons. The van der Waals surface area contributed by atoms with Crippen LogP contribution in [0, 0.1) is 0 Å². The Morgan fingerprint density at radius 3 is 2.18 bits per heavy atom. The summed E-state index contributed by atoms with van der Waals surface area (Å²) in [6.07, 6.45) is 0. The maximum Gasteiger partial charge on any atom is 0.112 e. The van der Waals surface area contributed by atoms with Gasteiger partial charge in [-0.25, -0.2) is 0 Å². The second kappa shape index (κ2) is 3.09. The summed E-state index contributed by atoms with van der Waals surface area (Å²) in [5.41, 5.74) is 0. The van der Waals surface area contributed by atoms with Crippen LogP contribution in [0.15, 0.2) is 29.2 Å². The van der Waals surface area contributed by atoms with Crippen LogP contribution in [0.1, 0.15) is 0 Å². The van der Waals surface area contributed by atoms with Crippen molar-refractivity contribution < 1.29 is 13.7 Å². The first-order valence-corrected chi connectivity index (χ1v) is 4.94. The molecule has 1 aromatic carbocycles. The average Bonchev–Trinajstić information content (AvgIpc) is 1.86. The summed E-state index contributed by atoms with van der Waals surface area (Å²) < 4.78 is 26.4. The first-order valence-electron chi connectivity index (χ1n) is 2.86. The van der Waals surface area contributed by atoms with Gasteiger partial charge in [0.15, 0.2) is 0 Å². The standard InChI is InChI=1S/C6H9O3PS/c7-11(8,9)6-3-1-2-5(10)4-6/h1-4,7-9H,10H2. The molecule has 0 bridgehead atoms. The van der Waals surface area contributed by atoms with E-state index in [2.05, 4.69) is 9.24 Å². The van der Waals surface area contributed by atoms with Crippen LogP contribution in [0.2, 0.25) is 0 Å². The summed E-state index contributed by atoms with van der Waals surface area (Å²) in [6, 6.07) is 6.38. The topological polar surface area (TPSA) is 60.7 Å². The molecule has 0 saturated carbocycles. The van der Waals surface area contributed by atoms with Crippen molar-refractivity contribution in [3.8, 4) is 0 Å². The fourth-order valence-corrected chi connectivity index (χ4v) is 1.65. The minimum atomic E-state index is -3.54. The van der Waals surface area contributed by atoms with E-state index in [4.69, 9.17) is 13.7 Å². The van der Waals surface area contributed by atoms with E-state index in [-0.39, 0.29) is 4.90 Å². The highest BCUT2D eigenvalue weighted by molar-refractivity contribution is 8.19. The van der Waals surface area contributed by atoms with Gasteiger partial charge in [-0.1, -0.05) is 12.1 Å². The molecule has 0 aliphatic heterocycles. The van der Waals surface area contributed by atoms with Crippen LogP contribution in [0.3, 0.4) is 0 Å². The van der Waals surface area contributed by atoms with Crippen LogP contribution >= 0.6 is 20.1 Å². The van der Waals surface area contributed by atoms with Crippen LogP contribution in [0.5, 0.6) is 0 Å². The van der Waals surface area contributed by atoms with Gasteiger partial charge in [-0.05, 0) is 17.4 Å². The van der Waals surface area contributed by atoms with E-state index in [0.717, 1.165) is 5.30 Å². The molecular formula is C6H9O3PS. The van der Waals surface area contributed by atoms with E-state index in [1.165, 1.54) is 12.1 Å². The van der Waals surface area contributed by atoms with E-state index in [0.29, 0.717) is 0 Å². The van der Waals surface area contributed by atoms with Crippen LogP contribution in [0.25, 0.3) is 0 Å². The van der Waals surface area contributed by atoms with Gasteiger partial charge in [-0.15, -0.1) is 9.24 Å². The van der Waals surface area contributed by atoms with Gasteiger partial charge in [0.1, 0.15) is 10.9 Å². The molecule has 0 aromatic heterocycles. The largest absolute Gasteiger partial charge is 0.304 e. The average molecular weight is 192 g/mol. The number of hydrogen-bond donors (Lipinski definition) is 3. The van der Waals surface area contributed by atoms with E-state index >= 15 is 0 Å². The van der Waals surface area contributed by atoms with Gasteiger partial charge < -0.3 is 13.7 Å². The molecule has 0 radical (unpaired) electrons. The summed E-state index contributed by atoms with van der Waals surface area (Å²) in [7, 11) is -1.14. The molecule has 1 aromatic rings. The monoisotopic (exact) mass is 192 g/mol. The third-order valence-corrected chi connectivity index (χ3v) is 2.42. The van der Waals surface area contributed by atoms with Crippen molar-refractivity contribution in [3.63, 3.8) is 0 Å². The Balaban J connectivity index is 3.06. The van der Waals surface area contributed by atoms with Gasteiger partial charge in [-0.3, -0.25) is 0 Å². The number of benzene rings is 1. The van der Waals surface area contributed by atoms with Gasteiger partial charge in [0, 0.05) is 0 Å². The number of hydrogen-bond acceptors (Lipinski definition) is 3. The Morgan fingerprint density at radius 1 is 1.18 bits per heavy atom. The predicted molar refractivity (Wildman–Crippen MR) is 49.5 cm³/mol. The van der Waals surface area contributed by atoms with Crippen LogP contribution in [-0.4, -0.2) is 13.7 Å². The Labute approximate surface area is 68.8 Å². The molecule has 0 fully saturated rings. The minimum Gasteiger partial charge on any atom is -0.304 e. The highest BCUT2D eigenvalue weighted by Crippen LogP contribution is 2.42. The van der Waals surface area contributed by atoms with Crippen LogP contribution in [0.4, 0.5) is 0 Å². The second-order valence-corrected chi connectivity index (χ2v) is 4.27. The summed E-state index contributed by atoms with van der Waals surface area (Å²) >= 11 is 0. The van der Waals surface area contributed by atoms with Crippen molar-refractivity contribution in [1.29, 1.82) is 0 Å². The Hall–Kier alpha value is -0.120. The van der Waals surface area contributed by atoms with Crippen LogP contribution < -0.4 is 5.30 Å². The Morgan fingerprint density at radius 2 is 1.82 bits per heavy atom.